The van der Waals surface area contributed by atoms with Crippen LogP contribution >= 0.6 is 11.6 Å². The summed E-state index contributed by atoms with van der Waals surface area (Å²) in [4.78, 5) is 48.6. The predicted octanol–water partition coefficient (Wildman–Crippen LogP) is 4.37. The standard InChI is InChI=1S/C34H38ClN3O5/c1-33-17-9-19-36(23-24-11-5-4-6-12-24)30(40)27(33)28-31(41)38(20-7-2-3-8-22-39)29-32(42)37(21-10-18-34(28,29)43-33)26-15-13-25(35)14-16-26/h4-6,9-18,27-29,39H,2-3,7-8,19-23H2,1H3/t27-,28+,29?,33+,34+/m1/s1. The van der Waals surface area contributed by atoms with E-state index in [1.54, 1.807) is 39.0 Å². The number of halogens is 1. The minimum absolute atomic E-state index is 0.124. The van der Waals surface area contributed by atoms with Gasteiger partial charge in [0.25, 0.3) is 5.91 Å². The van der Waals surface area contributed by atoms with Crippen molar-refractivity contribution in [2.24, 2.45) is 11.8 Å². The Balaban J connectivity index is 1.38. The van der Waals surface area contributed by atoms with Crippen molar-refractivity contribution in [2.75, 3.05) is 31.1 Å². The maximum absolute atomic E-state index is 14.5. The Kier molecular flexibility index (Phi) is 8.20. The summed E-state index contributed by atoms with van der Waals surface area (Å²) in [5, 5.41) is 9.78. The first kappa shape index (κ1) is 29.6. The van der Waals surface area contributed by atoms with Crippen molar-refractivity contribution in [3.8, 4) is 0 Å². The molecule has 0 aromatic heterocycles. The molecule has 0 radical (unpaired) electrons. The van der Waals surface area contributed by atoms with Crippen molar-refractivity contribution >= 4 is 35.0 Å². The second-order valence-corrected chi connectivity index (χ2v) is 12.5. The minimum atomic E-state index is -1.30. The molecule has 0 bridgehead atoms. The molecule has 0 aliphatic carbocycles. The third kappa shape index (κ3) is 5.19. The summed E-state index contributed by atoms with van der Waals surface area (Å²) >= 11 is 6.14. The monoisotopic (exact) mass is 603 g/mol. The van der Waals surface area contributed by atoms with E-state index in [4.69, 9.17) is 16.3 Å². The average Bonchev–Trinajstić information content (AvgIpc) is 3.26. The summed E-state index contributed by atoms with van der Waals surface area (Å²) in [5.74, 6) is -2.24. The zero-order valence-corrected chi connectivity index (χ0v) is 25.2. The number of amides is 3. The van der Waals surface area contributed by atoms with Gasteiger partial charge in [-0.1, -0.05) is 79.1 Å². The lowest BCUT2D eigenvalue weighted by molar-refractivity contribution is -0.148. The first-order valence-electron chi connectivity index (χ1n) is 15.2. The van der Waals surface area contributed by atoms with Gasteiger partial charge in [-0.2, -0.15) is 0 Å². The lowest BCUT2D eigenvalue weighted by Crippen LogP contribution is -2.56. The number of rotatable bonds is 9. The van der Waals surface area contributed by atoms with Crippen LogP contribution in [0.5, 0.6) is 0 Å². The van der Waals surface area contributed by atoms with Gasteiger partial charge < -0.3 is 24.5 Å². The molecule has 2 aromatic carbocycles. The molecular formula is C34H38ClN3O5. The Morgan fingerprint density at radius 2 is 1.58 bits per heavy atom. The highest BCUT2D eigenvalue weighted by Crippen LogP contribution is 2.57. The van der Waals surface area contributed by atoms with Gasteiger partial charge in [-0.15, -0.1) is 0 Å². The van der Waals surface area contributed by atoms with Gasteiger partial charge in [0.1, 0.15) is 11.6 Å². The summed E-state index contributed by atoms with van der Waals surface area (Å²) < 4.78 is 6.93. The molecule has 5 atom stereocenters. The maximum Gasteiger partial charge on any atom is 0.253 e. The second kappa shape index (κ2) is 11.9. The molecule has 4 heterocycles. The second-order valence-electron chi connectivity index (χ2n) is 12.1. The number of carbonyl (C=O) groups excluding carboxylic acids is 3. The maximum atomic E-state index is 14.5. The Morgan fingerprint density at radius 3 is 2.33 bits per heavy atom. The van der Waals surface area contributed by atoms with Crippen LogP contribution in [0.1, 0.15) is 38.2 Å². The summed E-state index contributed by atoms with van der Waals surface area (Å²) in [6.07, 6.45) is 10.6. The number of anilines is 1. The number of likely N-dealkylation sites (tertiary alicyclic amines) is 1. The number of fused-ring (bicyclic) bond motifs is 2. The van der Waals surface area contributed by atoms with E-state index in [2.05, 4.69) is 0 Å². The molecule has 6 rings (SSSR count). The van der Waals surface area contributed by atoms with Crippen molar-refractivity contribution in [3.63, 3.8) is 0 Å². The molecule has 1 spiro atoms. The van der Waals surface area contributed by atoms with Crippen LogP contribution in [0.15, 0.2) is 78.9 Å². The minimum Gasteiger partial charge on any atom is -0.396 e. The molecular weight excluding hydrogens is 566 g/mol. The lowest BCUT2D eigenvalue weighted by atomic mass is 9.74. The highest BCUT2D eigenvalue weighted by Gasteiger charge is 2.74. The predicted molar refractivity (Wildman–Crippen MR) is 164 cm³/mol. The van der Waals surface area contributed by atoms with Gasteiger partial charge in [-0.3, -0.25) is 14.4 Å². The van der Waals surface area contributed by atoms with E-state index < -0.39 is 29.1 Å². The lowest BCUT2D eigenvalue weighted by Gasteiger charge is -2.37. The largest absolute Gasteiger partial charge is 0.396 e. The van der Waals surface area contributed by atoms with Crippen molar-refractivity contribution in [1.82, 2.24) is 9.80 Å². The Morgan fingerprint density at radius 1 is 0.860 bits per heavy atom. The molecule has 2 fully saturated rings. The van der Waals surface area contributed by atoms with E-state index in [0.717, 1.165) is 18.4 Å². The summed E-state index contributed by atoms with van der Waals surface area (Å²) in [7, 11) is 0. The van der Waals surface area contributed by atoms with E-state index in [-0.39, 0.29) is 24.3 Å². The van der Waals surface area contributed by atoms with Gasteiger partial charge in [0.05, 0.1) is 17.4 Å². The molecule has 4 aliphatic heterocycles. The third-order valence-electron chi connectivity index (χ3n) is 9.30. The zero-order chi connectivity index (χ0) is 30.2. The number of benzene rings is 2. The van der Waals surface area contributed by atoms with Crippen molar-refractivity contribution < 1.29 is 24.2 Å². The number of ether oxygens (including phenoxy) is 1. The molecule has 3 amide bonds. The van der Waals surface area contributed by atoms with Gasteiger partial charge in [-0.25, -0.2) is 0 Å². The Hall–Kier alpha value is -3.46. The fraction of sp³-hybridized carbons (Fsp3) is 0.441. The number of aliphatic hydroxyl groups excluding tert-OH is 1. The zero-order valence-electron chi connectivity index (χ0n) is 24.4. The van der Waals surface area contributed by atoms with E-state index in [9.17, 15) is 19.5 Å². The molecule has 2 saturated heterocycles. The number of carbonyl (C=O) groups is 3. The molecule has 8 nitrogen and oxygen atoms in total. The quantitative estimate of drug-likeness (QED) is 0.340. The SMILES string of the molecule is C[C@]12C=CCN(Cc3ccccc3)C(=O)[C@H]1[C@H]1C(=O)N(CCCCCCO)C3C(=O)N(c4ccc(Cl)cc4)CC=C[C@@]31O2. The smallest absolute Gasteiger partial charge is 0.253 e. The van der Waals surface area contributed by atoms with Gasteiger partial charge >= 0.3 is 0 Å². The van der Waals surface area contributed by atoms with Crippen LogP contribution in [0, 0.1) is 11.8 Å². The van der Waals surface area contributed by atoms with Crippen molar-refractivity contribution in [1.29, 1.82) is 0 Å². The summed E-state index contributed by atoms with van der Waals surface area (Å²) in [6, 6.07) is 16.0. The molecule has 1 unspecified atom stereocenters. The number of hydrogen-bond acceptors (Lipinski definition) is 5. The fourth-order valence-corrected chi connectivity index (χ4v) is 7.48. The van der Waals surface area contributed by atoms with Gasteiger partial charge in [0, 0.05) is 43.5 Å². The first-order valence-corrected chi connectivity index (χ1v) is 15.5. The normalized spacial score (nSPS) is 29.9. The van der Waals surface area contributed by atoms with Crippen molar-refractivity contribution in [2.45, 2.75) is 56.4 Å². The molecule has 9 heteroatoms. The first-order chi connectivity index (χ1) is 20.8. The van der Waals surface area contributed by atoms with E-state index in [1.807, 2.05) is 61.6 Å². The number of aliphatic hydroxyl groups is 1. The topological polar surface area (TPSA) is 90.4 Å². The van der Waals surface area contributed by atoms with Crippen LogP contribution in [-0.4, -0.2) is 76.1 Å². The van der Waals surface area contributed by atoms with E-state index >= 15 is 0 Å². The van der Waals surface area contributed by atoms with Crippen molar-refractivity contribution in [3.05, 3.63) is 89.5 Å². The van der Waals surface area contributed by atoms with Crippen LogP contribution in [0.25, 0.3) is 0 Å². The summed E-state index contributed by atoms with van der Waals surface area (Å²) in [5.41, 5.74) is -0.674. The van der Waals surface area contributed by atoms with Crippen LogP contribution in [-0.2, 0) is 25.7 Å². The average molecular weight is 604 g/mol. The Bertz CT molecular complexity index is 1430. The van der Waals surface area contributed by atoms with Crippen LogP contribution < -0.4 is 4.90 Å². The van der Waals surface area contributed by atoms with Gasteiger partial charge in [0.2, 0.25) is 11.8 Å². The third-order valence-corrected chi connectivity index (χ3v) is 9.55. The van der Waals surface area contributed by atoms with E-state index in [1.165, 1.54) is 0 Å². The number of unbranched alkanes of at least 4 members (excludes halogenated alkanes) is 3. The molecule has 43 heavy (non-hydrogen) atoms. The number of hydrogen-bond donors (Lipinski definition) is 1. The fourth-order valence-electron chi connectivity index (χ4n) is 7.36. The van der Waals surface area contributed by atoms with Gasteiger partial charge in [0.15, 0.2) is 0 Å². The van der Waals surface area contributed by atoms with Gasteiger partial charge in [-0.05, 0) is 49.6 Å². The molecule has 0 saturated carbocycles. The van der Waals surface area contributed by atoms with E-state index in [0.29, 0.717) is 49.7 Å². The molecule has 2 aromatic rings. The highest BCUT2D eigenvalue weighted by molar-refractivity contribution is 6.30. The molecule has 4 aliphatic rings. The molecule has 226 valence electrons. The van der Waals surface area contributed by atoms with Crippen LogP contribution in [0.4, 0.5) is 5.69 Å². The van der Waals surface area contributed by atoms with Crippen LogP contribution in [0.2, 0.25) is 5.02 Å². The highest BCUT2D eigenvalue weighted by atomic mass is 35.5. The Labute approximate surface area is 257 Å². The summed E-state index contributed by atoms with van der Waals surface area (Å²) in [6.45, 7) is 3.49. The van der Waals surface area contributed by atoms with Crippen LogP contribution in [0.3, 0.4) is 0 Å². The number of nitrogens with zero attached hydrogens (tertiary/aromatic N) is 3. The molecule has 1 N–H and O–H groups in total.